The molecule has 1 heterocycles. The monoisotopic (exact) mass is 360 g/mol. The maximum atomic E-state index is 12.8. The van der Waals surface area contributed by atoms with Crippen LogP contribution in [-0.4, -0.2) is 20.8 Å². The minimum absolute atomic E-state index is 0.143. The second-order valence-electron chi connectivity index (χ2n) is 5.23. The van der Waals surface area contributed by atoms with Crippen LogP contribution in [0, 0.1) is 0 Å². The molecule has 0 saturated carbocycles. The maximum Gasteiger partial charge on any atom is 0.235 e. The van der Waals surface area contributed by atoms with Crippen molar-refractivity contribution in [1.82, 2.24) is 0 Å². The Hall–Kier alpha value is -2.66. The summed E-state index contributed by atoms with van der Waals surface area (Å²) in [5.74, 6) is 1.59. The van der Waals surface area contributed by atoms with Crippen LogP contribution in [0.1, 0.15) is 6.92 Å². The standard InChI is InChI=1S/C19H17ClO5/c1-4-24-19-17(21)13-10-12(20)6-8-14(13)25-18(19)11-5-7-15(22-2)16(9-11)23-3/h5-10H,4H2,1-3H3. The van der Waals surface area contributed by atoms with E-state index in [1.54, 1.807) is 57.5 Å². The number of hydrogen-bond acceptors (Lipinski definition) is 5. The quantitative estimate of drug-likeness (QED) is 0.669. The summed E-state index contributed by atoms with van der Waals surface area (Å²) in [7, 11) is 3.10. The molecule has 3 aromatic rings. The van der Waals surface area contributed by atoms with Crippen LogP contribution in [0.4, 0.5) is 0 Å². The largest absolute Gasteiger partial charge is 0.493 e. The molecule has 5 nitrogen and oxygen atoms in total. The van der Waals surface area contributed by atoms with E-state index in [9.17, 15) is 4.79 Å². The molecule has 0 fully saturated rings. The molecular formula is C19H17ClO5. The van der Waals surface area contributed by atoms with Crippen molar-refractivity contribution in [3.05, 3.63) is 51.6 Å². The van der Waals surface area contributed by atoms with Crippen LogP contribution in [0.15, 0.2) is 45.6 Å². The van der Waals surface area contributed by atoms with Gasteiger partial charge >= 0.3 is 0 Å². The molecule has 0 aliphatic heterocycles. The van der Waals surface area contributed by atoms with Gasteiger partial charge in [0.15, 0.2) is 17.3 Å². The van der Waals surface area contributed by atoms with Crippen LogP contribution < -0.4 is 19.6 Å². The smallest absolute Gasteiger partial charge is 0.235 e. The lowest BCUT2D eigenvalue weighted by Crippen LogP contribution is -2.10. The van der Waals surface area contributed by atoms with E-state index in [2.05, 4.69) is 0 Å². The van der Waals surface area contributed by atoms with E-state index in [0.717, 1.165) is 0 Å². The van der Waals surface area contributed by atoms with Gasteiger partial charge in [-0.05, 0) is 43.3 Å². The molecule has 1 aromatic heterocycles. The molecule has 2 aromatic carbocycles. The number of ether oxygens (including phenoxy) is 3. The lowest BCUT2D eigenvalue weighted by molar-refractivity contribution is 0.330. The van der Waals surface area contributed by atoms with E-state index in [0.29, 0.717) is 45.4 Å². The minimum Gasteiger partial charge on any atom is -0.493 e. The molecule has 0 bridgehead atoms. The fourth-order valence-electron chi connectivity index (χ4n) is 2.59. The van der Waals surface area contributed by atoms with Gasteiger partial charge in [0.25, 0.3) is 0 Å². The Morgan fingerprint density at radius 1 is 1.04 bits per heavy atom. The Kier molecular flexibility index (Phi) is 4.86. The summed E-state index contributed by atoms with van der Waals surface area (Å²) in [5.41, 5.74) is 0.813. The second-order valence-corrected chi connectivity index (χ2v) is 5.67. The first-order valence-electron chi connectivity index (χ1n) is 7.70. The lowest BCUT2D eigenvalue weighted by Gasteiger charge is -2.13. The van der Waals surface area contributed by atoms with E-state index in [1.807, 2.05) is 0 Å². The summed E-state index contributed by atoms with van der Waals surface area (Å²) in [6.07, 6.45) is 0. The van der Waals surface area contributed by atoms with E-state index >= 15 is 0 Å². The van der Waals surface area contributed by atoms with Crippen LogP contribution in [0.25, 0.3) is 22.3 Å². The number of fused-ring (bicyclic) bond motifs is 1. The van der Waals surface area contributed by atoms with Gasteiger partial charge < -0.3 is 18.6 Å². The van der Waals surface area contributed by atoms with Crippen LogP contribution in [0.2, 0.25) is 5.02 Å². The van der Waals surface area contributed by atoms with Crippen molar-refractivity contribution in [2.45, 2.75) is 6.92 Å². The Morgan fingerprint density at radius 3 is 2.48 bits per heavy atom. The average Bonchev–Trinajstić information content (AvgIpc) is 2.63. The van der Waals surface area contributed by atoms with Crippen molar-refractivity contribution >= 4 is 22.6 Å². The zero-order valence-corrected chi connectivity index (χ0v) is 14.8. The Balaban J connectivity index is 2.29. The van der Waals surface area contributed by atoms with Gasteiger partial charge in [0.05, 0.1) is 26.2 Å². The van der Waals surface area contributed by atoms with Gasteiger partial charge in [-0.3, -0.25) is 4.79 Å². The molecule has 3 rings (SSSR count). The molecule has 0 N–H and O–H groups in total. The molecule has 0 aliphatic rings. The Bertz CT molecular complexity index is 977. The number of benzene rings is 2. The highest BCUT2D eigenvalue weighted by molar-refractivity contribution is 6.31. The van der Waals surface area contributed by atoms with Crippen LogP contribution in [0.5, 0.6) is 17.2 Å². The highest BCUT2D eigenvalue weighted by atomic mass is 35.5. The Labute approximate surface area is 149 Å². The fraction of sp³-hybridized carbons (Fsp3) is 0.211. The van der Waals surface area contributed by atoms with Crippen molar-refractivity contribution in [3.8, 4) is 28.6 Å². The van der Waals surface area contributed by atoms with Crippen LogP contribution in [0.3, 0.4) is 0 Å². The van der Waals surface area contributed by atoms with E-state index in [-0.39, 0.29) is 11.2 Å². The van der Waals surface area contributed by atoms with Gasteiger partial charge in [0.2, 0.25) is 11.2 Å². The molecule has 0 spiro atoms. The maximum absolute atomic E-state index is 12.8. The summed E-state index contributed by atoms with van der Waals surface area (Å²) >= 11 is 6.00. The van der Waals surface area contributed by atoms with Crippen molar-refractivity contribution in [1.29, 1.82) is 0 Å². The number of methoxy groups -OCH3 is 2. The molecule has 0 amide bonds. The predicted octanol–water partition coefficient (Wildman–Crippen LogP) is 4.53. The average molecular weight is 361 g/mol. The number of rotatable bonds is 5. The van der Waals surface area contributed by atoms with Crippen LogP contribution >= 0.6 is 11.6 Å². The fourth-order valence-corrected chi connectivity index (χ4v) is 2.77. The van der Waals surface area contributed by atoms with E-state index in [1.165, 1.54) is 0 Å². The predicted molar refractivity (Wildman–Crippen MR) is 97.2 cm³/mol. The minimum atomic E-state index is -0.268. The van der Waals surface area contributed by atoms with Gasteiger partial charge in [-0.15, -0.1) is 0 Å². The van der Waals surface area contributed by atoms with E-state index < -0.39 is 0 Å². The second kappa shape index (κ2) is 7.07. The van der Waals surface area contributed by atoms with Gasteiger partial charge in [-0.25, -0.2) is 0 Å². The molecule has 130 valence electrons. The van der Waals surface area contributed by atoms with Crippen molar-refractivity contribution in [3.63, 3.8) is 0 Å². The van der Waals surface area contributed by atoms with Crippen molar-refractivity contribution in [2.75, 3.05) is 20.8 Å². The van der Waals surface area contributed by atoms with Crippen molar-refractivity contribution < 1.29 is 18.6 Å². The van der Waals surface area contributed by atoms with Gasteiger partial charge in [-0.2, -0.15) is 0 Å². The molecule has 0 atom stereocenters. The SMILES string of the molecule is CCOc1c(-c2ccc(OC)c(OC)c2)oc2ccc(Cl)cc2c1=O. The highest BCUT2D eigenvalue weighted by Gasteiger charge is 2.19. The third-order valence-corrected chi connectivity index (χ3v) is 3.98. The zero-order chi connectivity index (χ0) is 18.0. The summed E-state index contributed by atoms with van der Waals surface area (Å²) in [6.45, 7) is 2.14. The summed E-state index contributed by atoms with van der Waals surface area (Å²) in [6, 6.07) is 10.2. The summed E-state index contributed by atoms with van der Waals surface area (Å²) < 4.78 is 22.1. The molecule has 6 heteroatoms. The highest BCUT2D eigenvalue weighted by Crippen LogP contribution is 2.36. The lowest BCUT2D eigenvalue weighted by atomic mass is 10.1. The molecule has 0 radical (unpaired) electrons. The number of halogens is 1. The van der Waals surface area contributed by atoms with Gasteiger partial charge in [-0.1, -0.05) is 11.6 Å². The summed E-state index contributed by atoms with van der Waals surface area (Å²) in [4.78, 5) is 12.8. The Morgan fingerprint density at radius 2 is 1.80 bits per heavy atom. The molecule has 0 unspecified atom stereocenters. The van der Waals surface area contributed by atoms with E-state index in [4.69, 9.17) is 30.2 Å². The molecule has 25 heavy (non-hydrogen) atoms. The molecule has 0 saturated heterocycles. The number of hydrogen-bond donors (Lipinski definition) is 0. The van der Waals surface area contributed by atoms with Gasteiger partial charge in [0.1, 0.15) is 5.58 Å². The zero-order valence-electron chi connectivity index (χ0n) is 14.1. The molecular weight excluding hydrogens is 344 g/mol. The third-order valence-electron chi connectivity index (χ3n) is 3.75. The third kappa shape index (κ3) is 3.15. The topological polar surface area (TPSA) is 57.9 Å². The molecule has 0 aliphatic carbocycles. The first-order valence-corrected chi connectivity index (χ1v) is 8.08. The van der Waals surface area contributed by atoms with Crippen molar-refractivity contribution in [2.24, 2.45) is 0 Å². The van der Waals surface area contributed by atoms with Gasteiger partial charge in [0, 0.05) is 10.6 Å². The first kappa shape index (κ1) is 17.2. The summed E-state index contributed by atoms with van der Waals surface area (Å²) in [5, 5.41) is 0.835. The normalized spacial score (nSPS) is 10.7. The first-order chi connectivity index (χ1) is 12.1. The van der Waals surface area contributed by atoms with Crippen LogP contribution in [-0.2, 0) is 0 Å².